The van der Waals surface area contributed by atoms with Gasteiger partial charge in [-0.25, -0.2) is 0 Å². The minimum absolute atomic E-state index is 0.190. The van der Waals surface area contributed by atoms with Crippen LogP contribution >= 0.6 is 0 Å². The van der Waals surface area contributed by atoms with E-state index in [0.29, 0.717) is 0 Å². The largest absolute Gasteiger partial charge is 0.329 e. The van der Waals surface area contributed by atoms with E-state index in [-0.39, 0.29) is 5.54 Å². The van der Waals surface area contributed by atoms with Crippen molar-refractivity contribution in [3.63, 3.8) is 0 Å². The van der Waals surface area contributed by atoms with Gasteiger partial charge >= 0.3 is 0 Å². The monoisotopic (exact) mass is 285 g/mol. The maximum Gasteiger partial charge on any atom is 0.0413 e. The SMILES string of the molecule is NCC1(N2CCN(CC3CC3)CC2)Cc2ccccc2C1. The van der Waals surface area contributed by atoms with Crippen LogP contribution in [-0.4, -0.2) is 54.6 Å². The first-order chi connectivity index (χ1) is 10.3. The predicted octanol–water partition coefficient (Wildman–Crippen LogP) is 1.51. The molecule has 0 radical (unpaired) electrons. The summed E-state index contributed by atoms with van der Waals surface area (Å²) in [6, 6.07) is 8.91. The Morgan fingerprint density at radius 3 is 2.14 bits per heavy atom. The second kappa shape index (κ2) is 5.38. The number of hydrogen-bond acceptors (Lipinski definition) is 3. The Labute approximate surface area is 128 Å². The van der Waals surface area contributed by atoms with Crippen molar-refractivity contribution in [3.8, 4) is 0 Å². The molecule has 1 aromatic rings. The Morgan fingerprint density at radius 1 is 1.00 bits per heavy atom. The number of nitrogens with two attached hydrogens (primary N) is 1. The lowest BCUT2D eigenvalue weighted by molar-refractivity contribution is 0.0401. The molecule has 114 valence electrons. The van der Waals surface area contributed by atoms with Gasteiger partial charge in [0.25, 0.3) is 0 Å². The van der Waals surface area contributed by atoms with Crippen LogP contribution in [0.3, 0.4) is 0 Å². The van der Waals surface area contributed by atoms with Gasteiger partial charge in [0, 0.05) is 44.8 Å². The molecule has 4 rings (SSSR count). The summed E-state index contributed by atoms with van der Waals surface area (Å²) in [7, 11) is 0. The van der Waals surface area contributed by atoms with Crippen molar-refractivity contribution in [2.75, 3.05) is 39.3 Å². The molecule has 2 aliphatic carbocycles. The number of fused-ring (bicyclic) bond motifs is 1. The molecule has 1 heterocycles. The summed E-state index contributed by atoms with van der Waals surface area (Å²) in [6.07, 6.45) is 5.20. The van der Waals surface area contributed by atoms with Crippen LogP contribution in [0, 0.1) is 5.92 Å². The Morgan fingerprint density at radius 2 is 1.62 bits per heavy atom. The Bertz CT molecular complexity index is 476. The smallest absolute Gasteiger partial charge is 0.0413 e. The van der Waals surface area contributed by atoms with Gasteiger partial charge in [0.2, 0.25) is 0 Å². The Balaban J connectivity index is 1.43. The molecule has 2 fully saturated rings. The molecule has 21 heavy (non-hydrogen) atoms. The van der Waals surface area contributed by atoms with Crippen LogP contribution in [0.15, 0.2) is 24.3 Å². The van der Waals surface area contributed by atoms with Crippen LogP contribution in [0.5, 0.6) is 0 Å². The van der Waals surface area contributed by atoms with Gasteiger partial charge < -0.3 is 10.6 Å². The normalized spacial score (nSPS) is 26.0. The second-order valence-corrected chi connectivity index (χ2v) is 7.28. The quantitative estimate of drug-likeness (QED) is 0.910. The number of rotatable bonds is 4. The molecule has 0 spiro atoms. The summed E-state index contributed by atoms with van der Waals surface area (Å²) in [5, 5.41) is 0. The zero-order valence-electron chi connectivity index (χ0n) is 12.9. The summed E-state index contributed by atoms with van der Waals surface area (Å²) in [6.45, 7) is 6.97. The van der Waals surface area contributed by atoms with Gasteiger partial charge in [-0.15, -0.1) is 0 Å². The van der Waals surface area contributed by atoms with Gasteiger partial charge in [0.05, 0.1) is 0 Å². The Hall–Kier alpha value is -0.900. The maximum absolute atomic E-state index is 6.25. The van der Waals surface area contributed by atoms with Crippen LogP contribution < -0.4 is 5.73 Å². The van der Waals surface area contributed by atoms with E-state index >= 15 is 0 Å². The van der Waals surface area contributed by atoms with E-state index in [0.717, 1.165) is 25.3 Å². The van der Waals surface area contributed by atoms with E-state index < -0.39 is 0 Å². The third kappa shape index (κ3) is 2.63. The summed E-state index contributed by atoms with van der Waals surface area (Å²) < 4.78 is 0. The van der Waals surface area contributed by atoms with Crippen molar-refractivity contribution in [2.24, 2.45) is 11.7 Å². The summed E-state index contributed by atoms with van der Waals surface area (Å²) in [5.74, 6) is 1.01. The van der Waals surface area contributed by atoms with Gasteiger partial charge in [-0.1, -0.05) is 24.3 Å². The maximum atomic E-state index is 6.25. The van der Waals surface area contributed by atoms with E-state index in [1.54, 1.807) is 0 Å². The molecule has 0 aromatic heterocycles. The summed E-state index contributed by atoms with van der Waals surface area (Å²) >= 11 is 0. The van der Waals surface area contributed by atoms with Crippen LogP contribution in [-0.2, 0) is 12.8 Å². The molecule has 3 nitrogen and oxygen atoms in total. The van der Waals surface area contributed by atoms with E-state index in [4.69, 9.17) is 5.73 Å². The van der Waals surface area contributed by atoms with Gasteiger partial charge in [-0.3, -0.25) is 4.90 Å². The molecule has 1 saturated heterocycles. The number of piperazine rings is 1. The number of benzene rings is 1. The summed E-state index contributed by atoms with van der Waals surface area (Å²) in [5.41, 5.74) is 9.47. The first-order valence-electron chi connectivity index (χ1n) is 8.53. The van der Waals surface area contributed by atoms with Crippen LogP contribution in [0.4, 0.5) is 0 Å². The fourth-order valence-electron chi connectivity index (χ4n) is 4.24. The standard InChI is InChI=1S/C18H27N3/c19-14-18(11-16-3-1-2-4-17(16)12-18)21-9-7-20(8-10-21)13-15-5-6-15/h1-4,15H,5-14,19H2. The minimum atomic E-state index is 0.190. The highest BCUT2D eigenvalue weighted by Gasteiger charge is 2.42. The molecular weight excluding hydrogens is 258 g/mol. The molecule has 0 unspecified atom stereocenters. The van der Waals surface area contributed by atoms with Crippen LogP contribution in [0.2, 0.25) is 0 Å². The molecule has 3 heteroatoms. The minimum Gasteiger partial charge on any atom is -0.329 e. The van der Waals surface area contributed by atoms with E-state index in [2.05, 4.69) is 34.1 Å². The third-order valence-electron chi connectivity index (χ3n) is 5.79. The van der Waals surface area contributed by atoms with Crippen molar-refractivity contribution >= 4 is 0 Å². The van der Waals surface area contributed by atoms with Crippen molar-refractivity contribution in [1.29, 1.82) is 0 Å². The molecule has 0 amide bonds. The third-order valence-corrected chi connectivity index (χ3v) is 5.79. The molecule has 0 atom stereocenters. The molecule has 1 aromatic carbocycles. The number of nitrogens with zero attached hydrogens (tertiary/aromatic N) is 2. The Kier molecular flexibility index (Phi) is 3.52. The zero-order valence-corrected chi connectivity index (χ0v) is 12.9. The molecule has 1 aliphatic heterocycles. The first kappa shape index (κ1) is 13.7. The van der Waals surface area contributed by atoms with Gasteiger partial charge in [-0.2, -0.15) is 0 Å². The fourth-order valence-corrected chi connectivity index (χ4v) is 4.24. The summed E-state index contributed by atoms with van der Waals surface area (Å²) in [4.78, 5) is 5.36. The lowest BCUT2D eigenvalue weighted by Crippen LogP contribution is -2.61. The molecule has 3 aliphatic rings. The van der Waals surface area contributed by atoms with Gasteiger partial charge in [-0.05, 0) is 42.7 Å². The van der Waals surface area contributed by atoms with Crippen molar-refractivity contribution in [1.82, 2.24) is 9.80 Å². The van der Waals surface area contributed by atoms with Crippen LogP contribution in [0.1, 0.15) is 24.0 Å². The molecule has 0 bridgehead atoms. The highest BCUT2D eigenvalue weighted by Crippen LogP contribution is 2.35. The molecule has 1 saturated carbocycles. The highest BCUT2D eigenvalue weighted by molar-refractivity contribution is 5.36. The van der Waals surface area contributed by atoms with E-state index in [1.165, 1.54) is 56.7 Å². The van der Waals surface area contributed by atoms with E-state index in [9.17, 15) is 0 Å². The van der Waals surface area contributed by atoms with E-state index in [1.807, 2.05) is 0 Å². The predicted molar refractivity (Wildman–Crippen MR) is 86.4 cm³/mol. The van der Waals surface area contributed by atoms with Crippen LogP contribution in [0.25, 0.3) is 0 Å². The highest BCUT2D eigenvalue weighted by atomic mass is 15.3. The lowest BCUT2D eigenvalue weighted by atomic mass is 9.92. The molecular formula is C18H27N3. The van der Waals surface area contributed by atoms with Gasteiger partial charge in [0.1, 0.15) is 0 Å². The first-order valence-corrected chi connectivity index (χ1v) is 8.53. The van der Waals surface area contributed by atoms with Crippen molar-refractivity contribution < 1.29 is 0 Å². The van der Waals surface area contributed by atoms with Crippen molar-refractivity contribution in [3.05, 3.63) is 35.4 Å². The average Bonchev–Trinajstić information content (AvgIpc) is 3.25. The topological polar surface area (TPSA) is 32.5 Å². The molecule has 2 N–H and O–H groups in total. The average molecular weight is 285 g/mol. The second-order valence-electron chi connectivity index (χ2n) is 7.28. The van der Waals surface area contributed by atoms with Gasteiger partial charge in [0.15, 0.2) is 0 Å². The zero-order chi connectivity index (χ0) is 14.3. The lowest BCUT2D eigenvalue weighted by Gasteiger charge is -2.45. The number of hydrogen-bond donors (Lipinski definition) is 1. The van der Waals surface area contributed by atoms with Crippen molar-refractivity contribution in [2.45, 2.75) is 31.2 Å². The fraction of sp³-hybridized carbons (Fsp3) is 0.667.